The SMILES string of the molecule is CC1(C)O[13C@H]2O[13C@H]([13C@H]3[13CH2]OC(C)(C)O3)[13C@H](O)[13C@H]2O1. The Balaban J connectivity index is 1.68. The van der Waals surface area contributed by atoms with Crippen LogP contribution in [0.25, 0.3) is 0 Å². The minimum absolute atomic E-state index is 0.295. The summed E-state index contributed by atoms with van der Waals surface area (Å²) in [7, 11) is 0. The molecule has 0 aromatic rings. The first-order chi connectivity index (χ1) is 8.27. The number of rotatable bonds is 1. The zero-order valence-electron chi connectivity index (χ0n) is 11.1. The second-order valence-electron chi connectivity index (χ2n) is 5.93. The number of fused-ring (bicyclic) bond motifs is 1. The lowest BCUT2D eigenvalue weighted by Gasteiger charge is -2.26. The molecule has 104 valence electrons. The molecule has 5 atom stereocenters. The zero-order chi connectivity index (χ0) is 13.1. The van der Waals surface area contributed by atoms with Gasteiger partial charge in [0.15, 0.2) is 17.9 Å². The van der Waals surface area contributed by atoms with Crippen molar-refractivity contribution in [3.8, 4) is 0 Å². The maximum atomic E-state index is 10.3. The Hall–Kier alpha value is -0.240. The molecule has 18 heavy (non-hydrogen) atoms. The average molecular weight is 266 g/mol. The van der Waals surface area contributed by atoms with Crippen molar-refractivity contribution in [2.75, 3.05) is 6.61 Å². The highest BCUT2D eigenvalue weighted by atomic mass is 17.0. The smallest absolute Gasteiger partial charge is 0.190 e. The normalized spacial score (nSPS) is 49.5. The molecular weight excluding hydrogens is 246 g/mol. The molecule has 0 aromatic heterocycles. The summed E-state index contributed by atoms with van der Waals surface area (Å²) in [5.74, 6) is -1.35. The summed E-state index contributed by atoms with van der Waals surface area (Å²) in [5.41, 5.74) is 0. The Kier molecular flexibility index (Phi) is 2.75. The molecule has 3 rings (SSSR count). The summed E-state index contributed by atoms with van der Waals surface area (Å²) in [6, 6.07) is 0. The summed E-state index contributed by atoms with van der Waals surface area (Å²) >= 11 is 0. The van der Waals surface area contributed by atoms with E-state index < -0.39 is 36.2 Å². The van der Waals surface area contributed by atoms with Crippen LogP contribution in [0.3, 0.4) is 0 Å². The molecule has 0 saturated carbocycles. The van der Waals surface area contributed by atoms with Gasteiger partial charge in [-0.15, -0.1) is 0 Å². The van der Waals surface area contributed by atoms with E-state index in [0.29, 0.717) is 6.61 Å². The van der Waals surface area contributed by atoms with E-state index in [-0.39, 0.29) is 6.10 Å². The number of hydrogen-bond acceptors (Lipinski definition) is 6. The Bertz CT molecular complexity index is 341. The fourth-order valence-electron chi connectivity index (χ4n) is 2.70. The van der Waals surface area contributed by atoms with Gasteiger partial charge in [-0.1, -0.05) is 0 Å². The quantitative estimate of drug-likeness (QED) is 0.692. The van der Waals surface area contributed by atoms with Gasteiger partial charge in [0.2, 0.25) is 0 Å². The molecule has 0 bridgehead atoms. The van der Waals surface area contributed by atoms with Crippen LogP contribution in [-0.2, 0) is 23.7 Å². The van der Waals surface area contributed by atoms with Crippen LogP contribution >= 0.6 is 0 Å². The predicted octanol–water partition coefficient (Wildman–Crippen LogP) is 0.375. The van der Waals surface area contributed by atoms with Gasteiger partial charge >= 0.3 is 0 Å². The van der Waals surface area contributed by atoms with Crippen LogP contribution < -0.4 is 0 Å². The second kappa shape index (κ2) is 3.88. The Labute approximate surface area is 106 Å². The Morgan fingerprint density at radius 1 is 0.944 bits per heavy atom. The lowest BCUT2D eigenvalue weighted by atomic mass is 10.4. The molecular formula is C12H20O6. The van der Waals surface area contributed by atoms with E-state index >= 15 is 0 Å². The minimum Gasteiger partial charge on any atom is -0.387 e. The van der Waals surface area contributed by atoms with E-state index in [0.717, 1.165) is 0 Å². The average Bonchev–Trinajstić information content (AvgIpc) is 2.81. The fraction of sp³-hybridized carbons (Fsp3) is 1.00. The van der Waals surface area contributed by atoms with Crippen LogP contribution in [0.2, 0.25) is 0 Å². The Morgan fingerprint density at radius 2 is 1.67 bits per heavy atom. The van der Waals surface area contributed by atoms with E-state index in [1.165, 1.54) is 0 Å². The molecule has 0 aromatic carbocycles. The van der Waals surface area contributed by atoms with Gasteiger partial charge in [-0.05, 0) is 27.7 Å². The van der Waals surface area contributed by atoms with Crippen molar-refractivity contribution >= 4 is 0 Å². The van der Waals surface area contributed by atoms with Gasteiger partial charge in [-0.25, -0.2) is 0 Å². The van der Waals surface area contributed by atoms with Gasteiger partial charge < -0.3 is 28.8 Å². The predicted molar refractivity (Wildman–Crippen MR) is 59.6 cm³/mol. The summed E-state index contributed by atoms with van der Waals surface area (Å²) in [6.07, 6.45) is -2.53. The van der Waals surface area contributed by atoms with Crippen molar-refractivity contribution < 1.29 is 28.8 Å². The summed E-state index contributed by atoms with van der Waals surface area (Å²) < 4.78 is 28.1. The van der Waals surface area contributed by atoms with Crippen LogP contribution in [0.1, 0.15) is 27.7 Å². The van der Waals surface area contributed by atoms with Gasteiger partial charge in [-0.2, -0.15) is 0 Å². The number of hydrogen-bond donors (Lipinski definition) is 1. The fourth-order valence-corrected chi connectivity index (χ4v) is 2.70. The van der Waals surface area contributed by atoms with Crippen LogP contribution in [0.5, 0.6) is 0 Å². The third-order valence-corrected chi connectivity index (χ3v) is 3.45. The summed E-state index contributed by atoms with van der Waals surface area (Å²) in [5, 5.41) is 10.3. The monoisotopic (exact) mass is 266 g/mol. The maximum absolute atomic E-state index is 10.3. The highest BCUT2D eigenvalue weighted by Gasteiger charge is 2.57. The van der Waals surface area contributed by atoms with Crippen molar-refractivity contribution in [3.05, 3.63) is 0 Å². The van der Waals surface area contributed by atoms with Gasteiger partial charge in [0.1, 0.15) is 24.4 Å². The molecule has 3 aliphatic rings. The third kappa shape index (κ3) is 2.07. The highest BCUT2D eigenvalue weighted by molar-refractivity contribution is 4.97. The second-order valence-corrected chi connectivity index (χ2v) is 5.93. The van der Waals surface area contributed by atoms with E-state index in [1.54, 1.807) is 13.8 Å². The molecule has 3 aliphatic heterocycles. The minimum atomic E-state index is -0.765. The number of ether oxygens (including phenoxy) is 5. The molecule has 0 unspecified atom stereocenters. The molecule has 0 amide bonds. The van der Waals surface area contributed by atoms with E-state index in [4.69, 9.17) is 23.7 Å². The van der Waals surface area contributed by atoms with Crippen molar-refractivity contribution in [2.24, 2.45) is 0 Å². The highest BCUT2D eigenvalue weighted by Crippen LogP contribution is 2.40. The van der Waals surface area contributed by atoms with Crippen molar-refractivity contribution in [1.29, 1.82) is 0 Å². The summed E-state index contributed by atoms with van der Waals surface area (Å²) in [6.45, 7) is 7.68. The van der Waals surface area contributed by atoms with Crippen LogP contribution in [0.15, 0.2) is 0 Å². The Morgan fingerprint density at radius 3 is 2.22 bits per heavy atom. The molecule has 6 nitrogen and oxygen atoms in total. The van der Waals surface area contributed by atoms with Crippen LogP contribution in [0.4, 0.5) is 0 Å². The maximum Gasteiger partial charge on any atom is 0.190 e. The van der Waals surface area contributed by atoms with E-state index in [9.17, 15) is 5.11 Å². The molecule has 3 saturated heterocycles. The van der Waals surface area contributed by atoms with E-state index in [2.05, 4.69) is 0 Å². The molecule has 3 heterocycles. The van der Waals surface area contributed by atoms with Gasteiger partial charge in [0.25, 0.3) is 0 Å². The molecule has 6 heteroatoms. The first-order valence-corrected chi connectivity index (χ1v) is 6.28. The molecule has 0 radical (unpaired) electrons. The molecule has 0 spiro atoms. The lowest BCUT2D eigenvalue weighted by Crippen LogP contribution is -2.42. The van der Waals surface area contributed by atoms with Crippen molar-refractivity contribution in [3.63, 3.8) is 0 Å². The van der Waals surface area contributed by atoms with Gasteiger partial charge in [0.05, 0.1) is 6.61 Å². The number of aliphatic hydroxyl groups is 1. The van der Waals surface area contributed by atoms with Gasteiger partial charge in [0, 0.05) is 0 Å². The van der Waals surface area contributed by atoms with Crippen LogP contribution in [0, 0.1) is 0 Å². The zero-order valence-corrected chi connectivity index (χ0v) is 11.1. The van der Waals surface area contributed by atoms with Crippen molar-refractivity contribution in [1.82, 2.24) is 0 Å². The summed E-state index contributed by atoms with van der Waals surface area (Å²) in [4.78, 5) is 0. The first kappa shape index (κ1) is 12.8. The van der Waals surface area contributed by atoms with E-state index in [1.807, 2.05) is 13.8 Å². The van der Waals surface area contributed by atoms with Gasteiger partial charge in [-0.3, -0.25) is 0 Å². The molecule has 3 fully saturated rings. The van der Waals surface area contributed by atoms with Crippen LogP contribution in [-0.4, -0.2) is 54.0 Å². The number of aliphatic hydroxyl groups excluding tert-OH is 1. The standard InChI is InChI=1S/C12H20O6/c1-11(2)14-5-6(16-11)8-7(13)9-10(15-8)18-12(3,4)17-9/h6-10,13H,5H2,1-4H3/t6-,7+,8-,9-,10-/m1/s1/i5+1,6+1,7+1,8+1,9+1,10+1. The van der Waals surface area contributed by atoms with Crippen molar-refractivity contribution in [2.45, 2.75) is 70.0 Å². The largest absolute Gasteiger partial charge is 0.387 e. The first-order valence-electron chi connectivity index (χ1n) is 6.28. The third-order valence-electron chi connectivity index (χ3n) is 3.45. The topological polar surface area (TPSA) is 66.4 Å². The lowest BCUT2D eigenvalue weighted by molar-refractivity contribution is -0.232. The molecule has 0 aliphatic carbocycles. The molecule has 1 N–H and O–H groups in total.